The molecule has 31 heavy (non-hydrogen) atoms. The van der Waals surface area contributed by atoms with Crippen LogP contribution in [-0.2, 0) is 16.1 Å². The van der Waals surface area contributed by atoms with Crippen LogP contribution in [-0.4, -0.2) is 47.4 Å². The summed E-state index contributed by atoms with van der Waals surface area (Å²) in [6, 6.07) is 7.35. The average molecular weight is 446 g/mol. The normalized spacial score (nSPS) is 16.1. The lowest BCUT2D eigenvalue weighted by Crippen LogP contribution is -2.45. The number of ether oxygens (including phenoxy) is 1. The molecule has 1 aliphatic heterocycles. The van der Waals surface area contributed by atoms with Crippen molar-refractivity contribution in [2.75, 3.05) is 19.7 Å². The summed E-state index contributed by atoms with van der Waals surface area (Å²) in [6.45, 7) is 6.80. The second-order valence-electron chi connectivity index (χ2n) is 7.78. The van der Waals surface area contributed by atoms with E-state index < -0.39 is 5.97 Å². The Labute approximate surface area is 187 Å². The Kier molecular flexibility index (Phi) is 7.38. The highest BCUT2D eigenvalue weighted by Gasteiger charge is 2.31. The fourth-order valence-corrected chi connectivity index (χ4v) is 4.20. The molecule has 0 bridgehead atoms. The molecule has 8 heteroatoms. The number of hydrogen-bond donors (Lipinski definition) is 2. The van der Waals surface area contributed by atoms with E-state index in [1.807, 2.05) is 18.2 Å². The maximum absolute atomic E-state index is 13.1. The Morgan fingerprint density at radius 3 is 2.77 bits per heavy atom. The number of aryl methyl sites for hydroxylation is 1. The quantitative estimate of drug-likeness (QED) is 0.664. The van der Waals surface area contributed by atoms with Gasteiger partial charge in [0.15, 0.2) is 0 Å². The van der Waals surface area contributed by atoms with Crippen molar-refractivity contribution in [2.24, 2.45) is 5.92 Å². The monoisotopic (exact) mass is 445 g/mol. The summed E-state index contributed by atoms with van der Waals surface area (Å²) in [7, 11) is 0. The first-order valence-corrected chi connectivity index (χ1v) is 10.9. The first kappa shape index (κ1) is 22.9. The molecule has 0 spiro atoms. The summed E-state index contributed by atoms with van der Waals surface area (Å²) in [5.74, 6) is -1.00. The molecule has 1 unspecified atom stereocenters. The van der Waals surface area contributed by atoms with Crippen LogP contribution in [0.25, 0.3) is 0 Å². The second-order valence-corrected chi connectivity index (χ2v) is 8.22. The lowest BCUT2D eigenvalue weighted by Gasteiger charge is -2.32. The fraction of sp³-hybridized carbons (Fsp3) is 0.435. The Balaban J connectivity index is 1.66. The second kappa shape index (κ2) is 10.0. The van der Waals surface area contributed by atoms with Gasteiger partial charge in [-0.15, -0.1) is 0 Å². The third-order valence-electron chi connectivity index (χ3n) is 5.57. The van der Waals surface area contributed by atoms with Crippen LogP contribution < -0.4 is 5.32 Å². The number of esters is 1. The topological polar surface area (TPSA) is 91.5 Å². The van der Waals surface area contributed by atoms with E-state index >= 15 is 0 Å². The smallest absolute Gasteiger partial charge is 0.340 e. The van der Waals surface area contributed by atoms with E-state index in [-0.39, 0.29) is 24.3 Å². The highest BCUT2D eigenvalue weighted by molar-refractivity contribution is 6.30. The van der Waals surface area contributed by atoms with Crippen LogP contribution in [0, 0.1) is 19.8 Å². The van der Waals surface area contributed by atoms with Crippen LogP contribution in [0.5, 0.6) is 0 Å². The van der Waals surface area contributed by atoms with E-state index in [1.165, 1.54) is 0 Å². The number of halogens is 1. The molecule has 1 fully saturated rings. The number of nitrogens with zero attached hydrogens (tertiary/aromatic N) is 1. The zero-order valence-corrected chi connectivity index (χ0v) is 18.8. The van der Waals surface area contributed by atoms with E-state index in [4.69, 9.17) is 16.3 Å². The van der Waals surface area contributed by atoms with Crippen LogP contribution in [0.15, 0.2) is 24.3 Å². The zero-order chi connectivity index (χ0) is 22.5. The van der Waals surface area contributed by atoms with Gasteiger partial charge in [-0.2, -0.15) is 0 Å². The minimum atomic E-state index is -0.440. The van der Waals surface area contributed by atoms with Crippen molar-refractivity contribution in [2.45, 2.75) is 40.2 Å². The molecule has 1 aliphatic rings. The lowest BCUT2D eigenvalue weighted by molar-refractivity contribution is -0.126. The molecule has 2 aromatic rings. The lowest BCUT2D eigenvalue weighted by atomic mass is 9.96. The van der Waals surface area contributed by atoms with Gasteiger partial charge < -0.3 is 19.9 Å². The molecular formula is C23H28ClN3O4. The average Bonchev–Trinajstić information content (AvgIpc) is 3.05. The van der Waals surface area contributed by atoms with Gasteiger partial charge in [0.05, 0.1) is 18.1 Å². The molecular weight excluding hydrogens is 418 g/mol. The predicted octanol–water partition coefficient (Wildman–Crippen LogP) is 3.63. The summed E-state index contributed by atoms with van der Waals surface area (Å²) in [5.41, 5.74) is 2.88. The van der Waals surface area contributed by atoms with Crippen molar-refractivity contribution in [3.8, 4) is 0 Å². The van der Waals surface area contributed by atoms with Crippen molar-refractivity contribution >= 4 is 29.4 Å². The Bertz CT molecular complexity index is 985. The summed E-state index contributed by atoms with van der Waals surface area (Å²) in [6.07, 6.45) is 1.46. The van der Waals surface area contributed by atoms with Gasteiger partial charge in [-0.25, -0.2) is 4.79 Å². The van der Waals surface area contributed by atoms with Gasteiger partial charge in [0, 0.05) is 30.4 Å². The highest BCUT2D eigenvalue weighted by Crippen LogP contribution is 2.24. The van der Waals surface area contributed by atoms with Crippen LogP contribution >= 0.6 is 11.6 Å². The maximum Gasteiger partial charge on any atom is 0.340 e. The molecule has 0 radical (unpaired) electrons. The molecule has 166 valence electrons. The standard InChI is InChI=1S/C23H28ClN3O4/c1-4-31-23(30)19-14(2)20(26-15(19)3)22(29)27-10-6-8-17(13-27)21(28)25-12-16-7-5-9-18(24)11-16/h5,7,9,11,17,26H,4,6,8,10,12-13H2,1-3H3,(H,25,28). The van der Waals surface area contributed by atoms with E-state index in [0.29, 0.717) is 47.2 Å². The molecule has 0 saturated carbocycles. The molecule has 1 atom stereocenters. The number of likely N-dealkylation sites (tertiary alicyclic amines) is 1. The highest BCUT2D eigenvalue weighted by atomic mass is 35.5. The molecule has 0 aliphatic carbocycles. The summed E-state index contributed by atoms with van der Waals surface area (Å²) < 4.78 is 5.10. The number of H-pyrrole nitrogens is 1. The molecule has 7 nitrogen and oxygen atoms in total. The van der Waals surface area contributed by atoms with Gasteiger partial charge in [0.2, 0.25) is 5.91 Å². The van der Waals surface area contributed by atoms with E-state index in [9.17, 15) is 14.4 Å². The number of carbonyl (C=O) groups excluding carboxylic acids is 3. The number of carbonyl (C=O) groups is 3. The molecule has 2 N–H and O–H groups in total. The third-order valence-corrected chi connectivity index (χ3v) is 5.80. The van der Waals surface area contributed by atoms with Crippen LogP contribution in [0.1, 0.15) is 57.4 Å². The van der Waals surface area contributed by atoms with Crippen LogP contribution in [0.2, 0.25) is 5.02 Å². The number of hydrogen-bond acceptors (Lipinski definition) is 4. The number of piperidine rings is 1. The van der Waals surface area contributed by atoms with Crippen LogP contribution in [0.4, 0.5) is 0 Å². The number of aromatic nitrogens is 1. The zero-order valence-electron chi connectivity index (χ0n) is 18.1. The molecule has 2 heterocycles. The minimum absolute atomic E-state index is 0.0796. The molecule has 1 aromatic carbocycles. The summed E-state index contributed by atoms with van der Waals surface area (Å²) >= 11 is 5.99. The fourth-order valence-electron chi connectivity index (χ4n) is 3.99. The first-order valence-electron chi connectivity index (χ1n) is 10.5. The number of amides is 2. The Morgan fingerprint density at radius 2 is 2.06 bits per heavy atom. The van der Waals surface area contributed by atoms with Gasteiger partial charge >= 0.3 is 5.97 Å². The van der Waals surface area contributed by atoms with E-state index in [1.54, 1.807) is 31.7 Å². The number of nitrogens with one attached hydrogen (secondary N) is 2. The van der Waals surface area contributed by atoms with Crippen molar-refractivity contribution in [1.29, 1.82) is 0 Å². The van der Waals surface area contributed by atoms with E-state index in [2.05, 4.69) is 10.3 Å². The Hall–Kier alpha value is -2.80. The number of rotatable bonds is 6. The van der Waals surface area contributed by atoms with Gasteiger partial charge in [-0.1, -0.05) is 23.7 Å². The van der Waals surface area contributed by atoms with E-state index in [0.717, 1.165) is 18.4 Å². The molecule has 1 saturated heterocycles. The van der Waals surface area contributed by atoms with Crippen molar-refractivity contribution < 1.29 is 19.1 Å². The SMILES string of the molecule is CCOC(=O)c1c(C)[nH]c(C(=O)N2CCCC(C(=O)NCc3cccc(Cl)c3)C2)c1C. The predicted molar refractivity (Wildman–Crippen MR) is 118 cm³/mol. The van der Waals surface area contributed by atoms with Gasteiger partial charge in [-0.05, 0) is 56.9 Å². The first-order chi connectivity index (χ1) is 14.8. The summed E-state index contributed by atoms with van der Waals surface area (Å²) in [5, 5.41) is 3.57. The Morgan fingerprint density at radius 1 is 1.29 bits per heavy atom. The van der Waals surface area contributed by atoms with Crippen molar-refractivity contribution in [3.63, 3.8) is 0 Å². The number of benzene rings is 1. The van der Waals surface area contributed by atoms with Crippen LogP contribution in [0.3, 0.4) is 0 Å². The minimum Gasteiger partial charge on any atom is -0.462 e. The largest absolute Gasteiger partial charge is 0.462 e. The van der Waals surface area contributed by atoms with Gasteiger partial charge in [-0.3, -0.25) is 9.59 Å². The molecule has 2 amide bonds. The maximum atomic E-state index is 13.1. The van der Waals surface area contributed by atoms with Gasteiger partial charge in [0.1, 0.15) is 5.69 Å². The summed E-state index contributed by atoms with van der Waals surface area (Å²) in [4.78, 5) is 42.8. The molecule has 3 rings (SSSR count). The van der Waals surface area contributed by atoms with Crippen molar-refractivity contribution in [3.05, 3.63) is 57.4 Å². The van der Waals surface area contributed by atoms with Crippen molar-refractivity contribution in [1.82, 2.24) is 15.2 Å². The van der Waals surface area contributed by atoms with Gasteiger partial charge in [0.25, 0.3) is 5.91 Å². The third kappa shape index (κ3) is 5.28. The number of aromatic amines is 1. The molecule has 1 aromatic heterocycles.